The van der Waals surface area contributed by atoms with Gasteiger partial charge in [-0.3, -0.25) is 9.59 Å². The third kappa shape index (κ3) is 2.10. The molecule has 19 heavy (non-hydrogen) atoms. The summed E-state index contributed by atoms with van der Waals surface area (Å²) in [7, 11) is 1.80. The van der Waals surface area contributed by atoms with E-state index in [0.717, 1.165) is 29.8 Å². The molecular formula is C14H17N3O2. The molecule has 1 aromatic rings. The average molecular weight is 259 g/mol. The van der Waals surface area contributed by atoms with Crippen molar-refractivity contribution in [3.8, 4) is 0 Å². The normalized spacial score (nSPS) is 23.0. The number of fused-ring (bicyclic) bond motifs is 1. The van der Waals surface area contributed by atoms with E-state index >= 15 is 0 Å². The van der Waals surface area contributed by atoms with Gasteiger partial charge in [0, 0.05) is 32.2 Å². The molecule has 0 aromatic heterocycles. The first-order valence-corrected chi connectivity index (χ1v) is 6.57. The standard InChI is InChI=1S/C14H17N3O2/c1-17-11-4-2-10(8-9(11)3-5-12(17)18)13-14(19)16-7-6-15-13/h2,4,8,13,15H,3,5-7H2,1H3,(H,16,19). The number of aryl methyl sites for hydroxylation is 1. The number of benzene rings is 1. The predicted octanol–water partition coefficient (Wildman–Crippen LogP) is 0.356. The Kier molecular flexibility index (Phi) is 2.98. The highest BCUT2D eigenvalue weighted by Crippen LogP contribution is 2.29. The van der Waals surface area contributed by atoms with Gasteiger partial charge in [-0.2, -0.15) is 0 Å². The quantitative estimate of drug-likeness (QED) is 0.765. The van der Waals surface area contributed by atoms with Crippen LogP contribution in [0, 0.1) is 0 Å². The summed E-state index contributed by atoms with van der Waals surface area (Å²) in [6, 6.07) is 5.63. The van der Waals surface area contributed by atoms with Crippen molar-refractivity contribution < 1.29 is 9.59 Å². The van der Waals surface area contributed by atoms with Gasteiger partial charge in [-0.1, -0.05) is 12.1 Å². The number of anilines is 1. The molecule has 1 fully saturated rings. The van der Waals surface area contributed by atoms with E-state index in [2.05, 4.69) is 10.6 Å². The zero-order chi connectivity index (χ0) is 13.4. The van der Waals surface area contributed by atoms with E-state index in [9.17, 15) is 9.59 Å². The molecule has 0 saturated carbocycles. The summed E-state index contributed by atoms with van der Waals surface area (Å²) < 4.78 is 0. The van der Waals surface area contributed by atoms with Crippen molar-refractivity contribution in [1.82, 2.24) is 10.6 Å². The largest absolute Gasteiger partial charge is 0.353 e. The van der Waals surface area contributed by atoms with E-state index in [0.29, 0.717) is 13.0 Å². The molecular weight excluding hydrogens is 242 g/mol. The van der Waals surface area contributed by atoms with Crippen molar-refractivity contribution in [3.63, 3.8) is 0 Å². The molecule has 2 N–H and O–H groups in total. The number of hydrogen-bond donors (Lipinski definition) is 2. The summed E-state index contributed by atoms with van der Waals surface area (Å²) >= 11 is 0. The molecule has 0 bridgehead atoms. The Hall–Kier alpha value is -1.88. The Morgan fingerprint density at radius 2 is 2.05 bits per heavy atom. The van der Waals surface area contributed by atoms with Gasteiger partial charge in [-0.25, -0.2) is 0 Å². The van der Waals surface area contributed by atoms with Gasteiger partial charge in [0.15, 0.2) is 0 Å². The minimum Gasteiger partial charge on any atom is -0.353 e. The van der Waals surface area contributed by atoms with Gasteiger partial charge in [0.25, 0.3) is 0 Å². The lowest BCUT2D eigenvalue weighted by atomic mass is 9.95. The molecule has 0 radical (unpaired) electrons. The van der Waals surface area contributed by atoms with Crippen molar-refractivity contribution in [2.75, 3.05) is 25.0 Å². The van der Waals surface area contributed by atoms with Gasteiger partial charge in [-0.15, -0.1) is 0 Å². The summed E-state index contributed by atoms with van der Waals surface area (Å²) in [5.41, 5.74) is 3.06. The van der Waals surface area contributed by atoms with Crippen LogP contribution in [0.5, 0.6) is 0 Å². The van der Waals surface area contributed by atoms with Crippen LogP contribution in [0.25, 0.3) is 0 Å². The SMILES string of the molecule is CN1C(=O)CCc2cc(C3NCCNC3=O)ccc21. The predicted molar refractivity (Wildman–Crippen MR) is 71.9 cm³/mol. The first-order valence-electron chi connectivity index (χ1n) is 6.57. The Morgan fingerprint density at radius 3 is 2.84 bits per heavy atom. The number of rotatable bonds is 1. The minimum atomic E-state index is -0.276. The van der Waals surface area contributed by atoms with Crippen molar-refractivity contribution in [3.05, 3.63) is 29.3 Å². The number of nitrogens with one attached hydrogen (secondary N) is 2. The Labute approximate surface area is 112 Å². The molecule has 1 saturated heterocycles. The van der Waals surface area contributed by atoms with Crippen molar-refractivity contribution in [2.45, 2.75) is 18.9 Å². The van der Waals surface area contributed by atoms with Crippen LogP contribution in [0.3, 0.4) is 0 Å². The maximum absolute atomic E-state index is 11.8. The molecule has 1 unspecified atom stereocenters. The number of carbonyl (C=O) groups excluding carboxylic acids is 2. The average Bonchev–Trinajstić information content (AvgIpc) is 2.43. The fourth-order valence-corrected chi connectivity index (χ4v) is 2.72. The maximum atomic E-state index is 11.8. The lowest BCUT2D eigenvalue weighted by molar-refractivity contribution is -0.124. The van der Waals surface area contributed by atoms with E-state index in [1.165, 1.54) is 0 Å². The zero-order valence-corrected chi connectivity index (χ0v) is 10.9. The second-order valence-corrected chi connectivity index (χ2v) is 5.02. The molecule has 1 aromatic carbocycles. The smallest absolute Gasteiger partial charge is 0.241 e. The van der Waals surface area contributed by atoms with Crippen LogP contribution >= 0.6 is 0 Å². The number of amides is 2. The number of carbonyl (C=O) groups is 2. The molecule has 2 heterocycles. The molecule has 1 atom stereocenters. The number of hydrogen-bond acceptors (Lipinski definition) is 3. The van der Waals surface area contributed by atoms with Crippen molar-refractivity contribution >= 4 is 17.5 Å². The fraction of sp³-hybridized carbons (Fsp3) is 0.429. The lowest BCUT2D eigenvalue weighted by Crippen LogP contribution is -2.47. The summed E-state index contributed by atoms with van der Waals surface area (Å²) in [6.07, 6.45) is 1.29. The highest BCUT2D eigenvalue weighted by Gasteiger charge is 2.26. The second-order valence-electron chi connectivity index (χ2n) is 5.02. The Bertz CT molecular complexity index is 541. The van der Waals surface area contributed by atoms with Crippen LogP contribution in [-0.4, -0.2) is 32.0 Å². The van der Waals surface area contributed by atoms with Crippen molar-refractivity contribution in [2.24, 2.45) is 0 Å². The molecule has 5 nitrogen and oxygen atoms in total. The second kappa shape index (κ2) is 4.66. The van der Waals surface area contributed by atoms with Gasteiger partial charge < -0.3 is 15.5 Å². The number of nitrogens with zero attached hydrogens (tertiary/aromatic N) is 1. The van der Waals surface area contributed by atoms with Crippen LogP contribution in [-0.2, 0) is 16.0 Å². The monoisotopic (exact) mass is 259 g/mol. The van der Waals surface area contributed by atoms with Gasteiger partial charge in [0.1, 0.15) is 6.04 Å². The third-order valence-electron chi connectivity index (χ3n) is 3.82. The highest BCUT2D eigenvalue weighted by atomic mass is 16.2. The van der Waals surface area contributed by atoms with Crippen LogP contribution in [0.1, 0.15) is 23.6 Å². The topological polar surface area (TPSA) is 61.4 Å². The molecule has 3 rings (SSSR count). The molecule has 0 spiro atoms. The van der Waals surface area contributed by atoms with Gasteiger partial charge in [-0.05, 0) is 23.6 Å². The lowest BCUT2D eigenvalue weighted by Gasteiger charge is -2.28. The van der Waals surface area contributed by atoms with E-state index in [4.69, 9.17) is 0 Å². The van der Waals surface area contributed by atoms with Crippen LogP contribution < -0.4 is 15.5 Å². The molecule has 2 aliphatic rings. The molecule has 2 aliphatic heterocycles. The highest BCUT2D eigenvalue weighted by molar-refractivity contribution is 5.96. The van der Waals surface area contributed by atoms with Gasteiger partial charge >= 0.3 is 0 Å². The van der Waals surface area contributed by atoms with Gasteiger partial charge in [0.2, 0.25) is 11.8 Å². The van der Waals surface area contributed by atoms with Crippen LogP contribution in [0.2, 0.25) is 0 Å². The molecule has 100 valence electrons. The Balaban J connectivity index is 1.93. The summed E-state index contributed by atoms with van der Waals surface area (Å²) in [6.45, 7) is 1.46. The van der Waals surface area contributed by atoms with E-state index in [1.54, 1.807) is 11.9 Å². The zero-order valence-electron chi connectivity index (χ0n) is 10.9. The molecule has 2 amide bonds. The summed E-state index contributed by atoms with van der Waals surface area (Å²) in [5, 5.41) is 6.08. The fourth-order valence-electron chi connectivity index (χ4n) is 2.72. The third-order valence-corrected chi connectivity index (χ3v) is 3.82. The maximum Gasteiger partial charge on any atom is 0.241 e. The number of piperazine rings is 1. The molecule has 0 aliphatic carbocycles. The first-order chi connectivity index (χ1) is 9.16. The van der Waals surface area contributed by atoms with Crippen LogP contribution in [0.4, 0.5) is 5.69 Å². The summed E-state index contributed by atoms with van der Waals surface area (Å²) in [5.74, 6) is 0.167. The first kappa shape index (κ1) is 12.2. The summed E-state index contributed by atoms with van der Waals surface area (Å²) in [4.78, 5) is 25.2. The van der Waals surface area contributed by atoms with Crippen molar-refractivity contribution in [1.29, 1.82) is 0 Å². The minimum absolute atomic E-state index is 0.0199. The van der Waals surface area contributed by atoms with E-state index < -0.39 is 0 Å². The Morgan fingerprint density at radius 1 is 1.21 bits per heavy atom. The van der Waals surface area contributed by atoms with Gasteiger partial charge in [0.05, 0.1) is 0 Å². The van der Waals surface area contributed by atoms with Crippen LogP contribution in [0.15, 0.2) is 18.2 Å². The molecule has 5 heteroatoms. The van der Waals surface area contributed by atoms with E-state index in [1.807, 2.05) is 18.2 Å². The van der Waals surface area contributed by atoms with E-state index in [-0.39, 0.29) is 17.9 Å².